The van der Waals surface area contributed by atoms with E-state index >= 15 is 0 Å². The normalized spacial score (nSPS) is 11.3. The fraction of sp³-hybridized carbons (Fsp3) is 0.333. The molecule has 2 rings (SSSR count). The maximum absolute atomic E-state index is 5.24. The first-order chi connectivity index (χ1) is 10.2. The lowest BCUT2D eigenvalue weighted by Crippen LogP contribution is -2.36. The molecule has 6 heteroatoms. The Kier molecular flexibility index (Phi) is 5.57. The van der Waals surface area contributed by atoms with E-state index in [-0.39, 0.29) is 0 Å². The maximum atomic E-state index is 5.24. The summed E-state index contributed by atoms with van der Waals surface area (Å²) in [5.41, 5.74) is 2.30. The minimum absolute atomic E-state index is 0.611. The number of aryl methyl sites for hydroxylation is 1. The first kappa shape index (κ1) is 15.3. The summed E-state index contributed by atoms with van der Waals surface area (Å²) < 4.78 is 5.24. The second kappa shape index (κ2) is 7.64. The molecule has 112 valence electrons. The number of nitrogens with one attached hydrogen (secondary N) is 2. The number of hydrogen-bond donors (Lipinski definition) is 2. The van der Waals surface area contributed by atoms with Crippen LogP contribution in [0.1, 0.15) is 16.0 Å². The van der Waals surface area contributed by atoms with Crippen molar-refractivity contribution >= 4 is 17.3 Å². The molecule has 0 fully saturated rings. The zero-order valence-electron chi connectivity index (χ0n) is 12.5. The highest BCUT2D eigenvalue weighted by atomic mass is 32.1. The highest BCUT2D eigenvalue weighted by Crippen LogP contribution is 2.15. The Morgan fingerprint density at radius 1 is 1.33 bits per heavy atom. The smallest absolute Gasteiger partial charge is 0.218 e. The molecule has 0 spiro atoms. The Balaban J connectivity index is 1.90. The number of rotatable bonds is 5. The van der Waals surface area contributed by atoms with Crippen LogP contribution in [0.2, 0.25) is 0 Å². The molecule has 0 unspecified atom stereocenters. The van der Waals surface area contributed by atoms with Crippen molar-refractivity contribution in [3.63, 3.8) is 0 Å². The van der Waals surface area contributed by atoms with Crippen molar-refractivity contribution in [3.8, 4) is 5.88 Å². The molecule has 0 radical (unpaired) electrons. The van der Waals surface area contributed by atoms with Crippen LogP contribution in [0, 0.1) is 6.92 Å². The van der Waals surface area contributed by atoms with Gasteiger partial charge in [-0.15, -0.1) is 11.3 Å². The molecule has 0 saturated heterocycles. The molecule has 5 nitrogen and oxygen atoms in total. The van der Waals surface area contributed by atoms with Crippen molar-refractivity contribution in [3.05, 3.63) is 45.8 Å². The average molecular weight is 304 g/mol. The third kappa shape index (κ3) is 4.19. The maximum Gasteiger partial charge on any atom is 0.218 e. The van der Waals surface area contributed by atoms with Crippen LogP contribution in [0.5, 0.6) is 5.88 Å². The van der Waals surface area contributed by atoms with Crippen LogP contribution in [-0.2, 0) is 13.1 Å². The number of nitrogens with zero attached hydrogens (tertiary/aromatic N) is 2. The van der Waals surface area contributed by atoms with Gasteiger partial charge in [0.05, 0.1) is 13.7 Å². The number of hydrogen-bond acceptors (Lipinski definition) is 4. The lowest BCUT2D eigenvalue weighted by molar-refractivity contribution is 0.392. The van der Waals surface area contributed by atoms with E-state index in [1.54, 1.807) is 31.7 Å². The van der Waals surface area contributed by atoms with Crippen molar-refractivity contribution < 1.29 is 4.74 Å². The number of thiophene rings is 1. The van der Waals surface area contributed by atoms with Gasteiger partial charge in [-0.25, -0.2) is 4.98 Å². The minimum Gasteiger partial charge on any atom is -0.481 e. The first-order valence-corrected chi connectivity index (χ1v) is 7.58. The Labute approximate surface area is 129 Å². The van der Waals surface area contributed by atoms with E-state index in [9.17, 15) is 0 Å². The van der Waals surface area contributed by atoms with Gasteiger partial charge in [0.15, 0.2) is 5.96 Å². The van der Waals surface area contributed by atoms with Gasteiger partial charge in [0.1, 0.15) is 0 Å². The molecular weight excluding hydrogens is 284 g/mol. The summed E-state index contributed by atoms with van der Waals surface area (Å²) in [6.45, 7) is 3.50. The zero-order valence-corrected chi connectivity index (χ0v) is 13.3. The molecule has 2 aromatic heterocycles. The predicted octanol–water partition coefficient (Wildman–Crippen LogP) is 2.33. The van der Waals surface area contributed by atoms with E-state index in [4.69, 9.17) is 4.74 Å². The highest BCUT2D eigenvalue weighted by molar-refractivity contribution is 7.10. The molecule has 0 aliphatic rings. The second-order valence-corrected chi connectivity index (χ2v) is 5.48. The van der Waals surface area contributed by atoms with Gasteiger partial charge in [-0.3, -0.25) is 4.99 Å². The van der Waals surface area contributed by atoms with Crippen molar-refractivity contribution in [2.24, 2.45) is 4.99 Å². The summed E-state index contributed by atoms with van der Waals surface area (Å²) in [4.78, 5) is 9.72. The van der Waals surface area contributed by atoms with E-state index in [1.165, 1.54) is 10.4 Å². The van der Waals surface area contributed by atoms with Gasteiger partial charge in [0.2, 0.25) is 5.88 Å². The highest BCUT2D eigenvalue weighted by Gasteiger charge is 2.05. The molecule has 0 aromatic carbocycles. The molecule has 0 bridgehead atoms. The number of aliphatic imine (C=N–C) groups is 1. The van der Waals surface area contributed by atoms with Crippen molar-refractivity contribution in [1.29, 1.82) is 0 Å². The largest absolute Gasteiger partial charge is 0.481 e. The van der Waals surface area contributed by atoms with Crippen molar-refractivity contribution in [1.82, 2.24) is 15.6 Å². The van der Waals surface area contributed by atoms with Gasteiger partial charge >= 0.3 is 0 Å². The molecule has 21 heavy (non-hydrogen) atoms. The molecule has 0 saturated carbocycles. The molecule has 0 amide bonds. The van der Waals surface area contributed by atoms with Gasteiger partial charge in [-0.2, -0.15) is 0 Å². The van der Waals surface area contributed by atoms with Crippen LogP contribution < -0.4 is 15.4 Å². The lowest BCUT2D eigenvalue weighted by atomic mass is 10.2. The van der Waals surface area contributed by atoms with Crippen LogP contribution in [0.3, 0.4) is 0 Å². The van der Waals surface area contributed by atoms with Crippen LogP contribution in [-0.4, -0.2) is 25.1 Å². The van der Waals surface area contributed by atoms with Gasteiger partial charge < -0.3 is 15.4 Å². The Morgan fingerprint density at radius 3 is 2.81 bits per heavy atom. The Morgan fingerprint density at radius 2 is 2.14 bits per heavy atom. The second-order valence-electron chi connectivity index (χ2n) is 4.48. The third-order valence-corrected chi connectivity index (χ3v) is 4.12. The minimum atomic E-state index is 0.611. The SMILES string of the molecule is CN=C(NCc1cccnc1OC)NCc1sccc1C. The fourth-order valence-electron chi connectivity index (χ4n) is 1.89. The third-order valence-electron chi connectivity index (χ3n) is 3.10. The fourth-order valence-corrected chi connectivity index (χ4v) is 2.74. The first-order valence-electron chi connectivity index (χ1n) is 6.70. The number of guanidine groups is 1. The molecular formula is C15H20N4OS. The van der Waals surface area contributed by atoms with Crippen LogP contribution in [0.4, 0.5) is 0 Å². The molecule has 0 aliphatic carbocycles. The number of pyridine rings is 1. The number of aromatic nitrogens is 1. The summed E-state index contributed by atoms with van der Waals surface area (Å²) in [6, 6.07) is 6.00. The van der Waals surface area contributed by atoms with E-state index < -0.39 is 0 Å². The summed E-state index contributed by atoms with van der Waals surface area (Å²) in [6.07, 6.45) is 1.72. The summed E-state index contributed by atoms with van der Waals surface area (Å²) in [5, 5.41) is 8.67. The van der Waals surface area contributed by atoms with Crippen molar-refractivity contribution in [2.75, 3.05) is 14.2 Å². The van der Waals surface area contributed by atoms with Gasteiger partial charge in [-0.05, 0) is 30.0 Å². The quantitative estimate of drug-likeness (QED) is 0.657. The molecule has 0 aliphatic heterocycles. The zero-order chi connectivity index (χ0) is 15.1. The standard InChI is InChI=1S/C15H20N4OS/c1-11-6-8-21-13(11)10-19-15(16-2)18-9-12-5-4-7-17-14(12)20-3/h4-8H,9-10H2,1-3H3,(H2,16,18,19). The van der Waals surface area contributed by atoms with Gasteiger partial charge in [0.25, 0.3) is 0 Å². The summed E-state index contributed by atoms with van der Waals surface area (Å²) in [7, 11) is 3.38. The van der Waals surface area contributed by atoms with E-state index in [0.29, 0.717) is 12.4 Å². The molecule has 2 heterocycles. The molecule has 2 N–H and O–H groups in total. The Hall–Kier alpha value is -2.08. The van der Waals surface area contributed by atoms with Gasteiger partial charge in [0, 0.05) is 30.2 Å². The molecule has 0 atom stereocenters. The predicted molar refractivity (Wildman–Crippen MR) is 86.9 cm³/mol. The number of methoxy groups -OCH3 is 1. The van der Waals surface area contributed by atoms with Crippen LogP contribution in [0.15, 0.2) is 34.8 Å². The summed E-state index contributed by atoms with van der Waals surface area (Å²) >= 11 is 1.75. The summed E-state index contributed by atoms with van der Waals surface area (Å²) in [5.74, 6) is 1.39. The van der Waals surface area contributed by atoms with E-state index in [2.05, 4.69) is 39.0 Å². The van der Waals surface area contributed by atoms with Gasteiger partial charge in [-0.1, -0.05) is 6.07 Å². The average Bonchev–Trinajstić information content (AvgIpc) is 2.93. The Bertz CT molecular complexity index is 609. The lowest BCUT2D eigenvalue weighted by Gasteiger charge is -2.13. The van der Waals surface area contributed by atoms with Crippen LogP contribution >= 0.6 is 11.3 Å². The monoisotopic (exact) mass is 304 g/mol. The number of ether oxygens (including phenoxy) is 1. The van der Waals surface area contributed by atoms with E-state index in [0.717, 1.165) is 18.1 Å². The van der Waals surface area contributed by atoms with Crippen LogP contribution in [0.25, 0.3) is 0 Å². The topological polar surface area (TPSA) is 58.5 Å². The van der Waals surface area contributed by atoms with E-state index in [1.807, 2.05) is 12.1 Å². The molecule has 2 aromatic rings. The van der Waals surface area contributed by atoms with Crippen molar-refractivity contribution in [2.45, 2.75) is 20.0 Å².